The summed E-state index contributed by atoms with van der Waals surface area (Å²) in [7, 11) is 0. The molecule has 0 amide bonds. The Hall–Kier alpha value is -1.51. The zero-order valence-corrected chi connectivity index (χ0v) is 7.12. The van der Waals surface area contributed by atoms with Crippen molar-refractivity contribution in [2.75, 3.05) is 11.1 Å². The van der Waals surface area contributed by atoms with Gasteiger partial charge in [0.05, 0.1) is 0 Å². The standard InChI is InChI=1S/C9H13N3/c1-3-7(2)12-8-4-5-11-9(10)6-8/h3-7H,1H2,2H3,(H3,10,11,12). The van der Waals surface area contributed by atoms with Gasteiger partial charge in [0.25, 0.3) is 0 Å². The van der Waals surface area contributed by atoms with Gasteiger partial charge in [0.15, 0.2) is 0 Å². The molecule has 0 aliphatic heterocycles. The molecule has 1 rings (SSSR count). The molecule has 1 atom stereocenters. The van der Waals surface area contributed by atoms with Crippen LogP contribution in [0, 0.1) is 0 Å². The van der Waals surface area contributed by atoms with Gasteiger partial charge in [-0.05, 0) is 13.0 Å². The maximum absolute atomic E-state index is 5.50. The Kier molecular flexibility index (Phi) is 2.69. The molecular formula is C9H13N3. The summed E-state index contributed by atoms with van der Waals surface area (Å²) in [6, 6.07) is 3.91. The van der Waals surface area contributed by atoms with E-state index in [4.69, 9.17) is 5.73 Å². The number of pyridine rings is 1. The van der Waals surface area contributed by atoms with Crippen molar-refractivity contribution < 1.29 is 0 Å². The van der Waals surface area contributed by atoms with Crippen molar-refractivity contribution in [1.29, 1.82) is 0 Å². The minimum Gasteiger partial charge on any atom is -0.384 e. The van der Waals surface area contributed by atoms with Crippen LogP contribution in [-0.4, -0.2) is 11.0 Å². The molecule has 0 fully saturated rings. The van der Waals surface area contributed by atoms with Crippen molar-refractivity contribution in [3.8, 4) is 0 Å². The number of nitrogen functional groups attached to an aromatic ring is 1. The van der Waals surface area contributed by atoms with Gasteiger partial charge >= 0.3 is 0 Å². The topological polar surface area (TPSA) is 50.9 Å². The van der Waals surface area contributed by atoms with E-state index in [1.807, 2.05) is 19.1 Å². The molecule has 0 radical (unpaired) electrons. The van der Waals surface area contributed by atoms with Crippen molar-refractivity contribution in [3.05, 3.63) is 31.0 Å². The first-order valence-electron chi connectivity index (χ1n) is 3.83. The highest BCUT2D eigenvalue weighted by atomic mass is 14.9. The van der Waals surface area contributed by atoms with Crippen LogP contribution in [0.3, 0.4) is 0 Å². The number of rotatable bonds is 3. The number of nitrogens with zero attached hydrogens (tertiary/aromatic N) is 1. The molecule has 0 spiro atoms. The molecule has 0 aromatic carbocycles. The molecule has 3 heteroatoms. The number of nitrogens with two attached hydrogens (primary N) is 1. The second kappa shape index (κ2) is 3.76. The van der Waals surface area contributed by atoms with Gasteiger partial charge in [-0.2, -0.15) is 0 Å². The number of anilines is 2. The summed E-state index contributed by atoms with van der Waals surface area (Å²) in [5.41, 5.74) is 6.47. The van der Waals surface area contributed by atoms with Crippen LogP contribution >= 0.6 is 0 Å². The molecule has 0 saturated carbocycles. The van der Waals surface area contributed by atoms with Crippen LogP contribution in [0.1, 0.15) is 6.92 Å². The fourth-order valence-corrected chi connectivity index (χ4v) is 0.860. The predicted octanol–water partition coefficient (Wildman–Crippen LogP) is 1.65. The fourth-order valence-electron chi connectivity index (χ4n) is 0.860. The van der Waals surface area contributed by atoms with Crippen LogP contribution in [0.4, 0.5) is 11.5 Å². The lowest BCUT2D eigenvalue weighted by Crippen LogP contribution is -2.11. The lowest BCUT2D eigenvalue weighted by Gasteiger charge is -2.10. The number of aromatic nitrogens is 1. The van der Waals surface area contributed by atoms with Crippen molar-refractivity contribution >= 4 is 11.5 Å². The summed E-state index contributed by atoms with van der Waals surface area (Å²) in [5.74, 6) is 0.524. The summed E-state index contributed by atoms with van der Waals surface area (Å²) < 4.78 is 0. The van der Waals surface area contributed by atoms with Gasteiger partial charge in [0, 0.05) is 24.0 Å². The quantitative estimate of drug-likeness (QED) is 0.666. The summed E-state index contributed by atoms with van der Waals surface area (Å²) >= 11 is 0. The van der Waals surface area contributed by atoms with E-state index >= 15 is 0 Å². The second-order valence-electron chi connectivity index (χ2n) is 2.64. The first-order chi connectivity index (χ1) is 5.72. The van der Waals surface area contributed by atoms with Crippen molar-refractivity contribution in [2.24, 2.45) is 0 Å². The maximum Gasteiger partial charge on any atom is 0.125 e. The number of hydrogen-bond acceptors (Lipinski definition) is 3. The highest BCUT2D eigenvalue weighted by Gasteiger charge is 1.96. The van der Waals surface area contributed by atoms with Crippen molar-refractivity contribution in [3.63, 3.8) is 0 Å². The molecule has 1 aromatic rings. The molecular weight excluding hydrogens is 150 g/mol. The Labute approximate surface area is 72.3 Å². The SMILES string of the molecule is C=CC(C)Nc1ccnc(N)c1. The van der Waals surface area contributed by atoms with Gasteiger partial charge in [-0.25, -0.2) is 4.98 Å². The molecule has 12 heavy (non-hydrogen) atoms. The van der Waals surface area contributed by atoms with Gasteiger partial charge in [-0.3, -0.25) is 0 Å². The van der Waals surface area contributed by atoms with Crippen LogP contribution < -0.4 is 11.1 Å². The van der Waals surface area contributed by atoms with E-state index in [9.17, 15) is 0 Å². The first kappa shape index (κ1) is 8.59. The molecule has 0 bridgehead atoms. The van der Waals surface area contributed by atoms with E-state index in [2.05, 4.69) is 16.9 Å². The molecule has 3 nitrogen and oxygen atoms in total. The third kappa shape index (κ3) is 2.27. The third-order valence-electron chi connectivity index (χ3n) is 1.53. The van der Waals surface area contributed by atoms with E-state index in [-0.39, 0.29) is 6.04 Å². The second-order valence-corrected chi connectivity index (χ2v) is 2.64. The van der Waals surface area contributed by atoms with Crippen molar-refractivity contribution in [1.82, 2.24) is 4.98 Å². The Balaban J connectivity index is 2.69. The molecule has 64 valence electrons. The van der Waals surface area contributed by atoms with Gasteiger partial charge in [0.2, 0.25) is 0 Å². The van der Waals surface area contributed by atoms with E-state index < -0.39 is 0 Å². The molecule has 0 aliphatic rings. The average molecular weight is 163 g/mol. The van der Waals surface area contributed by atoms with Crippen LogP contribution in [0.15, 0.2) is 31.0 Å². The van der Waals surface area contributed by atoms with Gasteiger partial charge < -0.3 is 11.1 Å². The molecule has 3 N–H and O–H groups in total. The third-order valence-corrected chi connectivity index (χ3v) is 1.53. The van der Waals surface area contributed by atoms with E-state index in [1.54, 1.807) is 12.3 Å². The van der Waals surface area contributed by atoms with Gasteiger partial charge in [0.1, 0.15) is 5.82 Å². The van der Waals surface area contributed by atoms with Crippen LogP contribution in [0.5, 0.6) is 0 Å². The zero-order chi connectivity index (χ0) is 8.97. The largest absolute Gasteiger partial charge is 0.384 e. The summed E-state index contributed by atoms with van der Waals surface area (Å²) in [4.78, 5) is 3.88. The lowest BCUT2D eigenvalue weighted by atomic mass is 10.3. The molecule has 1 unspecified atom stereocenters. The molecule has 1 aromatic heterocycles. The Morgan fingerprint density at radius 3 is 3.08 bits per heavy atom. The fraction of sp³-hybridized carbons (Fsp3) is 0.222. The maximum atomic E-state index is 5.50. The Morgan fingerprint density at radius 1 is 1.75 bits per heavy atom. The Bertz CT molecular complexity index is 270. The number of nitrogens with one attached hydrogen (secondary N) is 1. The normalized spacial score (nSPS) is 12.1. The van der Waals surface area contributed by atoms with Crippen LogP contribution in [0.25, 0.3) is 0 Å². The highest BCUT2D eigenvalue weighted by Crippen LogP contribution is 2.10. The highest BCUT2D eigenvalue weighted by molar-refractivity contribution is 5.50. The van der Waals surface area contributed by atoms with Crippen LogP contribution in [-0.2, 0) is 0 Å². The van der Waals surface area contributed by atoms with E-state index in [1.165, 1.54) is 0 Å². The first-order valence-corrected chi connectivity index (χ1v) is 3.83. The molecule has 0 aliphatic carbocycles. The summed E-state index contributed by atoms with van der Waals surface area (Å²) in [5, 5.41) is 3.19. The van der Waals surface area contributed by atoms with E-state index in [0.717, 1.165) is 5.69 Å². The number of hydrogen-bond donors (Lipinski definition) is 2. The molecule has 0 saturated heterocycles. The zero-order valence-electron chi connectivity index (χ0n) is 7.12. The van der Waals surface area contributed by atoms with Crippen molar-refractivity contribution in [2.45, 2.75) is 13.0 Å². The summed E-state index contributed by atoms with van der Waals surface area (Å²) in [6.45, 7) is 5.69. The average Bonchev–Trinajstić information content (AvgIpc) is 2.04. The minimum absolute atomic E-state index is 0.242. The van der Waals surface area contributed by atoms with Crippen LogP contribution in [0.2, 0.25) is 0 Å². The minimum atomic E-state index is 0.242. The van der Waals surface area contributed by atoms with E-state index in [0.29, 0.717) is 5.82 Å². The monoisotopic (exact) mass is 163 g/mol. The molecule has 1 heterocycles. The summed E-state index contributed by atoms with van der Waals surface area (Å²) in [6.07, 6.45) is 3.50. The van der Waals surface area contributed by atoms with Gasteiger partial charge in [-0.1, -0.05) is 6.08 Å². The lowest BCUT2D eigenvalue weighted by molar-refractivity contribution is 1.00. The Morgan fingerprint density at radius 2 is 2.50 bits per heavy atom. The predicted molar refractivity (Wildman–Crippen MR) is 51.9 cm³/mol. The van der Waals surface area contributed by atoms with Gasteiger partial charge in [-0.15, -0.1) is 6.58 Å². The smallest absolute Gasteiger partial charge is 0.125 e.